The van der Waals surface area contributed by atoms with E-state index in [-0.39, 0.29) is 72.5 Å². The van der Waals surface area contributed by atoms with E-state index >= 15 is 0 Å². The predicted octanol–water partition coefficient (Wildman–Crippen LogP) is 8.05. The van der Waals surface area contributed by atoms with Gasteiger partial charge in [0.1, 0.15) is 45.4 Å². The van der Waals surface area contributed by atoms with Crippen molar-refractivity contribution >= 4 is 67.4 Å². The number of hydrogen-bond donors (Lipinski definition) is 2. The molecule has 0 radical (unpaired) electrons. The number of carboxylic acid groups (broad SMARTS) is 2. The summed E-state index contributed by atoms with van der Waals surface area (Å²) >= 11 is 0. The van der Waals surface area contributed by atoms with Gasteiger partial charge >= 0.3 is 11.9 Å². The molecule has 8 unspecified atom stereocenters. The van der Waals surface area contributed by atoms with Crippen LogP contribution in [0.15, 0.2) is 36.4 Å². The number of rotatable bonds is 38. The van der Waals surface area contributed by atoms with E-state index in [1.165, 1.54) is 12.1 Å². The summed E-state index contributed by atoms with van der Waals surface area (Å²) in [5.41, 5.74) is -6.19. The molecular formula is C66H88N2O22S2. The predicted molar refractivity (Wildman–Crippen MR) is 325 cm³/mol. The van der Waals surface area contributed by atoms with Crippen LogP contribution in [0.2, 0.25) is 0 Å². The van der Waals surface area contributed by atoms with Crippen LogP contribution in [-0.4, -0.2) is 159 Å². The highest BCUT2D eigenvalue weighted by molar-refractivity contribution is 7.87. The maximum atomic E-state index is 13.7. The van der Waals surface area contributed by atoms with Gasteiger partial charge in [-0.05, 0) is 86.2 Å². The molecule has 26 heteroatoms. The summed E-state index contributed by atoms with van der Waals surface area (Å²) in [6.45, 7) is 8.76. The molecule has 0 aromatic heterocycles. The molecule has 0 spiro atoms. The number of amides is 4. The lowest BCUT2D eigenvalue weighted by Crippen LogP contribution is -2.46. The van der Waals surface area contributed by atoms with Crippen molar-refractivity contribution in [2.45, 2.75) is 192 Å². The molecule has 11 rings (SSSR count). The fourth-order valence-electron chi connectivity index (χ4n) is 17.2. The number of ketones is 2. The molecule has 24 nitrogen and oxygen atoms in total. The van der Waals surface area contributed by atoms with Crippen LogP contribution in [0.3, 0.4) is 0 Å². The SMILES string of the molecule is CC1(C)[C@@H]2CC[C@@]1(CS(=O)(=O)ON1C(=O)C3C4C=CC(COCCCCCCCCCCOc5cc(C(=O)O)c(OCCCCCCCCCCOCC67C=CC(O6)C6C(=O)N(OS(=O)(=O)C[C@]89CC[C@H](CC8=O)C9(C)C)C(=O)C67)cc5C(=O)O)(O4)C3C1=O)C(=O)C2. The zero-order valence-electron chi connectivity index (χ0n) is 53.1. The standard InChI is InChI=1S/C66H88N2O22S2/c1-61(2)41-21-25-63(61,49(69)33-41)39-91(79,80)89-67-55(71)51-45-23-27-65(87-45,53(51)57(67)73)37-83-29-17-13-9-5-7-11-15-19-31-85-47-35-44(60(77)78)48(36-43(47)59(75)76)86-32-20-16-12-8-6-10-14-18-30-84-38-66-28-24-46(88-66)52-54(66)58(74)68(56(52)72)90-92(81,82)40-64-26-22-42(34-50(64)70)62(64,3)4/h23-24,27-28,35-36,41-42,45-46,51-54H,5-22,25-26,29-34,37-40H2,1-4H3,(H,75,76)(H,77,78)/t41-,42-,45?,46?,51?,52?,53?,54?,63-,64-,65?,66?/m1/s1. The second-order valence-corrected chi connectivity index (χ2v) is 31.6. The number of hydrogen-bond acceptors (Lipinski definition) is 20. The van der Waals surface area contributed by atoms with Crippen molar-refractivity contribution in [1.82, 2.24) is 10.1 Å². The Kier molecular flexibility index (Phi) is 19.4. The summed E-state index contributed by atoms with van der Waals surface area (Å²) in [6.07, 6.45) is 22.0. The quantitative estimate of drug-likeness (QED) is 0.0359. The van der Waals surface area contributed by atoms with E-state index in [2.05, 4.69) is 0 Å². The van der Waals surface area contributed by atoms with Gasteiger partial charge in [-0.2, -0.15) is 16.8 Å². The molecule has 1 aromatic carbocycles. The summed E-state index contributed by atoms with van der Waals surface area (Å²) in [4.78, 5) is 105. The number of aromatic carboxylic acids is 2. The van der Waals surface area contributed by atoms with Crippen molar-refractivity contribution < 1.29 is 102 Å². The van der Waals surface area contributed by atoms with Crippen molar-refractivity contribution in [3.05, 3.63) is 47.6 Å². The van der Waals surface area contributed by atoms with E-state index in [1.54, 1.807) is 24.3 Å². The summed E-state index contributed by atoms with van der Waals surface area (Å²) in [5, 5.41) is 20.7. The minimum Gasteiger partial charge on any atom is -0.493 e. The Hall–Kier alpha value is -5.48. The highest BCUT2D eigenvalue weighted by Gasteiger charge is 2.72. The van der Waals surface area contributed by atoms with E-state index in [4.69, 9.17) is 37.0 Å². The molecule has 10 aliphatic rings. The molecule has 506 valence electrons. The minimum atomic E-state index is -4.50. The van der Waals surface area contributed by atoms with Crippen LogP contribution in [0.5, 0.6) is 11.5 Å². The van der Waals surface area contributed by atoms with Gasteiger partial charge in [-0.15, -0.1) is 18.7 Å². The van der Waals surface area contributed by atoms with Crippen molar-refractivity contribution in [3.8, 4) is 11.5 Å². The highest BCUT2D eigenvalue weighted by atomic mass is 32.2. The largest absolute Gasteiger partial charge is 0.493 e. The van der Waals surface area contributed by atoms with Gasteiger partial charge < -0.3 is 38.6 Å². The van der Waals surface area contributed by atoms with Gasteiger partial charge in [-0.1, -0.05) is 129 Å². The first-order valence-corrected chi connectivity index (χ1v) is 36.3. The van der Waals surface area contributed by atoms with Crippen molar-refractivity contribution in [3.63, 3.8) is 0 Å². The van der Waals surface area contributed by atoms with E-state index in [0.29, 0.717) is 61.9 Å². The number of hydroxylamine groups is 4. The van der Waals surface area contributed by atoms with E-state index in [0.717, 1.165) is 103 Å². The van der Waals surface area contributed by atoms with Crippen molar-refractivity contribution in [1.29, 1.82) is 0 Å². The maximum absolute atomic E-state index is 13.7. The Morgan fingerprint density at radius 2 is 0.848 bits per heavy atom. The number of carboxylic acids is 2. The fraction of sp³-hybridized carbons (Fsp3) is 0.727. The zero-order valence-corrected chi connectivity index (χ0v) is 54.7. The molecule has 12 atom stereocenters. The number of Topliss-reactive ketones (excluding diaryl/α,β-unsaturated/α-hetero) is 2. The second-order valence-electron chi connectivity index (χ2n) is 28.5. The first-order valence-electron chi connectivity index (χ1n) is 33.1. The number of benzene rings is 1. The van der Waals surface area contributed by atoms with Crippen LogP contribution >= 0.6 is 0 Å². The lowest BCUT2D eigenvalue weighted by molar-refractivity contribution is -0.172. The number of ether oxygens (including phenoxy) is 6. The molecule has 4 amide bonds. The molecule has 4 aliphatic carbocycles. The van der Waals surface area contributed by atoms with Gasteiger partial charge in [0.25, 0.3) is 43.9 Å². The van der Waals surface area contributed by atoms with Gasteiger partial charge in [0.15, 0.2) is 0 Å². The molecule has 8 bridgehead atoms. The van der Waals surface area contributed by atoms with E-state index < -0.39 is 136 Å². The number of carbonyl (C=O) groups excluding carboxylic acids is 6. The fourth-order valence-corrected chi connectivity index (χ4v) is 20.6. The lowest BCUT2D eigenvalue weighted by Gasteiger charge is -2.36. The minimum absolute atomic E-state index is 0.000155. The van der Waals surface area contributed by atoms with Gasteiger partial charge in [0, 0.05) is 26.1 Å². The third kappa shape index (κ3) is 12.3. The van der Waals surface area contributed by atoms with Crippen LogP contribution < -0.4 is 9.47 Å². The summed E-state index contributed by atoms with van der Waals surface area (Å²) in [6, 6.07) is 2.41. The lowest BCUT2D eigenvalue weighted by atomic mass is 9.70. The molecule has 6 aliphatic heterocycles. The number of carbonyl (C=O) groups is 8. The van der Waals surface area contributed by atoms with E-state index in [9.17, 15) is 65.4 Å². The third-order valence-electron chi connectivity index (χ3n) is 22.8. The number of unbranched alkanes of at least 4 members (excludes halogenated alkanes) is 14. The zero-order chi connectivity index (χ0) is 65.8. The van der Waals surface area contributed by atoms with E-state index in [1.807, 2.05) is 27.7 Å². The number of imide groups is 2. The van der Waals surface area contributed by atoms with Crippen molar-refractivity contribution in [2.24, 2.45) is 57.2 Å². The average molecular weight is 1330 g/mol. The Morgan fingerprint density at radius 1 is 0.511 bits per heavy atom. The van der Waals surface area contributed by atoms with Gasteiger partial charge in [0.05, 0.1) is 84.6 Å². The second kappa shape index (κ2) is 26.3. The Morgan fingerprint density at radius 3 is 1.16 bits per heavy atom. The van der Waals surface area contributed by atoms with Crippen LogP contribution in [0.25, 0.3) is 0 Å². The number of nitrogens with zero attached hydrogens (tertiary/aromatic N) is 2. The molecule has 4 saturated heterocycles. The Balaban J connectivity index is 0.514. The van der Waals surface area contributed by atoms with Crippen LogP contribution in [0, 0.1) is 57.2 Å². The Labute approximate surface area is 537 Å². The molecule has 8 fully saturated rings. The van der Waals surface area contributed by atoms with Crippen LogP contribution in [0.1, 0.15) is 190 Å². The molecule has 1 aromatic rings. The normalized spacial score (nSPS) is 32.4. The summed E-state index contributed by atoms with van der Waals surface area (Å²) in [7, 11) is -8.99. The van der Waals surface area contributed by atoms with Crippen molar-refractivity contribution in [2.75, 3.05) is 51.1 Å². The topological polar surface area (TPSA) is 326 Å². The monoisotopic (exact) mass is 1320 g/mol. The number of fused-ring (bicyclic) bond motifs is 14. The van der Waals surface area contributed by atoms with Crippen LogP contribution in [-0.2, 0) is 76.5 Å². The highest BCUT2D eigenvalue weighted by Crippen LogP contribution is 2.66. The summed E-state index contributed by atoms with van der Waals surface area (Å²) < 4.78 is 100. The smallest absolute Gasteiger partial charge is 0.339 e. The Bertz CT molecular complexity index is 3180. The molecule has 6 heterocycles. The molecular weight excluding hydrogens is 1240 g/mol. The third-order valence-corrected chi connectivity index (χ3v) is 25.3. The van der Waals surface area contributed by atoms with Gasteiger partial charge in [-0.3, -0.25) is 28.8 Å². The van der Waals surface area contributed by atoms with Gasteiger partial charge in [-0.25, -0.2) is 9.59 Å². The van der Waals surface area contributed by atoms with Gasteiger partial charge in [0.2, 0.25) is 0 Å². The molecule has 4 saturated carbocycles. The van der Waals surface area contributed by atoms with Crippen LogP contribution in [0.4, 0.5) is 0 Å². The average Bonchev–Trinajstić information content (AvgIpc) is 1.56. The molecule has 92 heavy (non-hydrogen) atoms. The first kappa shape index (κ1) is 67.9. The summed E-state index contributed by atoms with van der Waals surface area (Å²) in [5.74, 6) is -11.0. The first-order chi connectivity index (χ1) is 43.6. The maximum Gasteiger partial charge on any atom is 0.339 e. The molecule has 2 N–H and O–H groups in total.